The van der Waals surface area contributed by atoms with Crippen molar-refractivity contribution in [2.75, 3.05) is 32.8 Å². The van der Waals surface area contributed by atoms with Gasteiger partial charge in [0, 0.05) is 38.7 Å². The first-order valence-corrected chi connectivity index (χ1v) is 10.2. The largest absolute Gasteiger partial charge is 0.466 e. The molecule has 32 heavy (non-hydrogen) atoms. The number of rotatable bonds is 10. The molecule has 0 radical (unpaired) electrons. The minimum Gasteiger partial charge on any atom is -0.412 e. The number of alkyl halides is 7. The van der Waals surface area contributed by atoms with Crippen LogP contribution in [0.15, 0.2) is 12.7 Å². The first kappa shape index (κ1) is 28.1. The number of ether oxygens (including phenoxy) is 2. The van der Waals surface area contributed by atoms with Gasteiger partial charge in [-0.3, -0.25) is 9.35 Å². The highest BCUT2D eigenvalue weighted by Crippen LogP contribution is 2.42. The zero-order chi connectivity index (χ0) is 25.0. The van der Waals surface area contributed by atoms with E-state index in [2.05, 4.69) is 21.4 Å². The Morgan fingerprint density at radius 3 is 2.06 bits per heavy atom. The van der Waals surface area contributed by atoms with Crippen LogP contribution in [0.5, 0.6) is 0 Å². The molecule has 0 aromatic heterocycles. The molecular weight excluding hydrogens is 485 g/mol. The van der Waals surface area contributed by atoms with Gasteiger partial charge in [0.2, 0.25) is 0 Å². The molecule has 2 N–H and O–H groups in total. The highest BCUT2D eigenvalue weighted by molar-refractivity contribution is 7.87. The molecule has 0 aromatic carbocycles. The number of nitrogens with zero attached hydrogens (tertiary/aromatic N) is 1. The quantitative estimate of drug-likeness (QED) is 0.114. The number of carbonyl (C=O) groups is 2. The van der Waals surface area contributed by atoms with Crippen LogP contribution in [0.25, 0.3) is 0 Å². The van der Waals surface area contributed by atoms with Gasteiger partial charge >= 0.3 is 45.1 Å². The summed E-state index contributed by atoms with van der Waals surface area (Å²) in [7, 11) is -6.55. The molecule has 1 aliphatic rings. The minimum atomic E-state index is -6.55. The summed E-state index contributed by atoms with van der Waals surface area (Å²) in [6, 6.07) is 0. The van der Waals surface area contributed by atoms with Gasteiger partial charge in [0.05, 0.1) is 6.61 Å². The molecule has 1 unspecified atom stereocenters. The maximum Gasteiger partial charge on any atom is 0.466 e. The van der Waals surface area contributed by atoms with Crippen molar-refractivity contribution in [1.82, 2.24) is 10.2 Å². The lowest BCUT2D eigenvalue weighted by Gasteiger charge is -2.38. The Labute approximate surface area is 177 Å². The van der Waals surface area contributed by atoms with Crippen molar-refractivity contribution in [2.45, 2.75) is 36.0 Å². The zero-order valence-electron chi connectivity index (χ0n) is 16.1. The fraction of sp³-hybridized carbons (Fsp3) is 0.733. The van der Waals surface area contributed by atoms with Gasteiger partial charge in [0.25, 0.3) is 0 Å². The lowest BCUT2D eigenvalue weighted by Crippen LogP contribution is -2.64. The molecule has 1 atom stereocenters. The molecule has 0 bridgehead atoms. The van der Waals surface area contributed by atoms with E-state index in [-0.39, 0.29) is 32.3 Å². The summed E-state index contributed by atoms with van der Waals surface area (Å²) in [6.07, 6.45) is -8.87. The van der Waals surface area contributed by atoms with E-state index in [0.29, 0.717) is 4.90 Å². The number of piperazine rings is 1. The van der Waals surface area contributed by atoms with Crippen LogP contribution in [0, 0.1) is 0 Å². The van der Waals surface area contributed by atoms with Crippen molar-refractivity contribution < 1.29 is 62.8 Å². The number of esters is 1. The van der Waals surface area contributed by atoms with Crippen molar-refractivity contribution in [1.29, 1.82) is 0 Å². The highest BCUT2D eigenvalue weighted by Gasteiger charge is 2.68. The Hall–Kier alpha value is -1.98. The predicted molar refractivity (Wildman–Crippen MR) is 91.2 cm³/mol. The van der Waals surface area contributed by atoms with E-state index in [9.17, 15) is 48.7 Å². The van der Waals surface area contributed by atoms with Crippen LogP contribution >= 0.6 is 0 Å². The van der Waals surface area contributed by atoms with E-state index in [1.165, 1.54) is 0 Å². The monoisotopic (exact) mass is 504 g/mol. The van der Waals surface area contributed by atoms with E-state index >= 15 is 0 Å². The molecule has 0 spiro atoms. The summed E-state index contributed by atoms with van der Waals surface area (Å²) in [4.78, 5) is 24.7. The van der Waals surface area contributed by atoms with Gasteiger partial charge < -0.3 is 19.7 Å². The summed E-state index contributed by atoms with van der Waals surface area (Å²) >= 11 is 0. The molecule has 0 aromatic rings. The van der Waals surface area contributed by atoms with Gasteiger partial charge in [0.1, 0.15) is 0 Å². The number of hydrogen-bond donors (Lipinski definition) is 2. The number of hydrogen-bond acceptors (Lipinski definition) is 7. The number of carbonyl (C=O) groups excluding carboxylic acids is 2. The van der Waals surface area contributed by atoms with Gasteiger partial charge in [-0.05, 0) is 6.42 Å². The second-order valence-electron chi connectivity index (χ2n) is 6.43. The molecular formula is C15H19F7N2O7S. The van der Waals surface area contributed by atoms with Gasteiger partial charge in [-0.25, -0.2) is 4.79 Å². The summed E-state index contributed by atoms with van der Waals surface area (Å²) in [5, 5.41) is -3.19. The van der Waals surface area contributed by atoms with E-state index in [4.69, 9.17) is 4.55 Å². The fourth-order valence-electron chi connectivity index (χ4n) is 2.50. The second kappa shape index (κ2) is 9.88. The Morgan fingerprint density at radius 2 is 1.62 bits per heavy atom. The number of amides is 1. The lowest BCUT2D eigenvalue weighted by atomic mass is 10.1. The van der Waals surface area contributed by atoms with Gasteiger partial charge in [0.15, 0.2) is 0 Å². The minimum absolute atomic E-state index is 0.0754. The van der Waals surface area contributed by atoms with Crippen LogP contribution in [0.1, 0.15) is 12.8 Å². The molecule has 1 heterocycles. The van der Waals surface area contributed by atoms with Crippen LogP contribution in [-0.4, -0.2) is 85.7 Å². The average molecular weight is 504 g/mol. The Bertz CT molecular complexity index is 813. The summed E-state index contributed by atoms with van der Waals surface area (Å²) in [6.45, 7) is 1.03. The topological polar surface area (TPSA) is 122 Å². The van der Waals surface area contributed by atoms with Crippen molar-refractivity contribution >= 4 is 22.0 Å². The maximum atomic E-state index is 13.8. The van der Waals surface area contributed by atoms with Crippen molar-refractivity contribution in [2.24, 2.45) is 0 Å². The number of halogens is 7. The van der Waals surface area contributed by atoms with E-state index in [1.807, 2.05) is 0 Å². The normalized spacial score (nSPS) is 18.1. The Morgan fingerprint density at radius 1 is 1.09 bits per heavy atom. The van der Waals surface area contributed by atoms with Crippen LogP contribution < -0.4 is 5.32 Å². The average Bonchev–Trinajstić information content (AvgIpc) is 2.68. The van der Waals surface area contributed by atoms with Gasteiger partial charge in [-0.2, -0.15) is 39.2 Å². The standard InChI is InChI=1S/C15H19F7N2O7S/c1-2-10(25)31-13(14(18,19)20,11(26)24-7-5-23-6-8-24)30-9-3-4-12(16,17)15(21,22)32(27,28)29/h2,23H,1,3-9H2,(H,27,28,29). The Balaban J connectivity index is 3.12. The molecule has 1 aliphatic heterocycles. The molecule has 1 saturated heterocycles. The predicted octanol–water partition coefficient (Wildman–Crippen LogP) is 1.32. The molecule has 9 nitrogen and oxygen atoms in total. The molecule has 1 rings (SSSR count). The highest BCUT2D eigenvalue weighted by atomic mass is 32.2. The lowest BCUT2D eigenvalue weighted by molar-refractivity contribution is -0.350. The third-order valence-electron chi connectivity index (χ3n) is 4.16. The maximum absolute atomic E-state index is 13.8. The molecule has 1 amide bonds. The van der Waals surface area contributed by atoms with Gasteiger partial charge in [-0.15, -0.1) is 0 Å². The molecule has 17 heteroatoms. The third kappa shape index (κ3) is 5.87. The van der Waals surface area contributed by atoms with E-state index in [0.717, 1.165) is 0 Å². The first-order valence-electron chi connectivity index (χ1n) is 8.72. The first-order chi connectivity index (χ1) is 14.4. The SMILES string of the molecule is C=CC(=O)OC(OCCCC(F)(F)C(F)(F)S(=O)(=O)O)(C(=O)N1CCNCC1)C(F)(F)F. The van der Waals surface area contributed by atoms with Crippen molar-refractivity contribution in [3.8, 4) is 0 Å². The van der Waals surface area contributed by atoms with E-state index < -0.39 is 64.6 Å². The molecule has 1 fully saturated rings. The fourth-order valence-corrected chi connectivity index (χ4v) is 2.98. The molecule has 186 valence electrons. The van der Waals surface area contributed by atoms with E-state index in [1.54, 1.807) is 0 Å². The second-order valence-corrected chi connectivity index (χ2v) is 7.89. The summed E-state index contributed by atoms with van der Waals surface area (Å²) < 4.78 is 133. The van der Waals surface area contributed by atoms with Crippen LogP contribution in [-0.2, 0) is 29.2 Å². The summed E-state index contributed by atoms with van der Waals surface area (Å²) in [5.41, 5.74) is 0. The van der Waals surface area contributed by atoms with Gasteiger partial charge in [-0.1, -0.05) is 6.58 Å². The zero-order valence-corrected chi connectivity index (χ0v) is 16.9. The van der Waals surface area contributed by atoms with Crippen LogP contribution in [0.2, 0.25) is 0 Å². The molecule has 0 aliphatic carbocycles. The summed E-state index contributed by atoms with van der Waals surface area (Å²) in [5.74, 6) is -13.3. The number of nitrogens with one attached hydrogen (secondary N) is 1. The van der Waals surface area contributed by atoms with Crippen molar-refractivity contribution in [3.05, 3.63) is 12.7 Å². The van der Waals surface area contributed by atoms with Crippen LogP contribution in [0.4, 0.5) is 30.7 Å². The van der Waals surface area contributed by atoms with Crippen molar-refractivity contribution in [3.63, 3.8) is 0 Å². The third-order valence-corrected chi connectivity index (χ3v) is 5.11. The Kier molecular flexibility index (Phi) is 8.66. The van der Waals surface area contributed by atoms with Crippen LogP contribution in [0.3, 0.4) is 0 Å². The molecule has 0 saturated carbocycles. The smallest absolute Gasteiger partial charge is 0.412 e.